The van der Waals surface area contributed by atoms with Crippen LogP contribution in [0, 0.1) is 0 Å². The third kappa shape index (κ3) is 5.47. The Morgan fingerprint density at radius 2 is 1.80 bits per heavy atom. The number of ketones is 1. The molecule has 6 nitrogen and oxygen atoms in total. The summed E-state index contributed by atoms with van der Waals surface area (Å²) >= 11 is 0. The van der Waals surface area contributed by atoms with Crippen LogP contribution in [0.25, 0.3) is 0 Å². The third-order valence-corrected chi connectivity index (χ3v) is 5.10. The second kappa shape index (κ2) is 10.1. The van der Waals surface area contributed by atoms with Crippen LogP contribution >= 0.6 is 0 Å². The van der Waals surface area contributed by atoms with Gasteiger partial charge in [-0.3, -0.25) is 14.4 Å². The van der Waals surface area contributed by atoms with E-state index in [4.69, 9.17) is 9.47 Å². The van der Waals surface area contributed by atoms with Crippen LogP contribution in [0.15, 0.2) is 42.5 Å². The summed E-state index contributed by atoms with van der Waals surface area (Å²) < 4.78 is 10.7. The Morgan fingerprint density at radius 1 is 1.03 bits per heavy atom. The maximum atomic E-state index is 12.4. The lowest BCUT2D eigenvalue weighted by atomic mass is 10.0. The number of hydrogen-bond acceptors (Lipinski definition) is 5. The number of fused-ring (bicyclic) bond motifs is 1. The SMILES string of the molecule is CCOc1ccccc1NC(=O)[C@H](C)OC(=O)CCC(=O)c1ccc2c(c1)CCC2. The molecule has 30 heavy (non-hydrogen) atoms. The number of benzene rings is 2. The van der Waals surface area contributed by atoms with E-state index in [0.717, 1.165) is 19.3 Å². The zero-order chi connectivity index (χ0) is 21.5. The van der Waals surface area contributed by atoms with E-state index in [1.54, 1.807) is 18.2 Å². The fraction of sp³-hybridized carbons (Fsp3) is 0.375. The van der Waals surface area contributed by atoms with E-state index in [1.165, 1.54) is 18.1 Å². The number of aryl methyl sites for hydroxylation is 2. The molecule has 6 heteroatoms. The molecule has 158 valence electrons. The van der Waals surface area contributed by atoms with Crippen molar-refractivity contribution in [2.24, 2.45) is 0 Å². The van der Waals surface area contributed by atoms with Gasteiger partial charge in [0.05, 0.1) is 18.7 Å². The maximum absolute atomic E-state index is 12.4. The zero-order valence-corrected chi connectivity index (χ0v) is 17.4. The van der Waals surface area contributed by atoms with Crippen LogP contribution in [-0.2, 0) is 27.2 Å². The number of para-hydroxylation sites is 2. The number of amides is 1. The number of carbonyl (C=O) groups is 3. The Labute approximate surface area is 176 Å². The number of esters is 1. The Hall–Kier alpha value is -3.15. The molecule has 1 aliphatic rings. The second-order valence-electron chi connectivity index (χ2n) is 7.31. The van der Waals surface area contributed by atoms with Gasteiger partial charge < -0.3 is 14.8 Å². The van der Waals surface area contributed by atoms with Crippen LogP contribution in [0.3, 0.4) is 0 Å². The molecule has 0 saturated carbocycles. The Kier molecular flexibility index (Phi) is 7.22. The summed E-state index contributed by atoms with van der Waals surface area (Å²) in [6, 6.07) is 12.8. The van der Waals surface area contributed by atoms with Crippen molar-refractivity contribution >= 4 is 23.3 Å². The Bertz CT molecular complexity index is 937. The van der Waals surface area contributed by atoms with Crippen molar-refractivity contribution in [2.45, 2.75) is 52.1 Å². The Morgan fingerprint density at radius 3 is 2.60 bits per heavy atom. The maximum Gasteiger partial charge on any atom is 0.307 e. The van der Waals surface area contributed by atoms with Crippen molar-refractivity contribution < 1.29 is 23.9 Å². The van der Waals surface area contributed by atoms with Gasteiger partial charge in [0, 0.05) is 12.0 Å². The molecule has 0 spiro atoms. The molecule has 0 fully saturated rings. The van der Waals surface area contributed by atoms with Crippen LogP contribution in [0.5, 0.6) is 5.75 Å². The molecule has 1 N–H and O–H groups in total. The lowest BCUT2D eigenvalue weighted by molar-refractivity contribution is -0.153. The molecule has 2 aromatic carbocycles. The molecule has 1 aliphatic carbocycles. The fourth-order valence-electron chi connectivity index (χ4n) is 3.50. The molecular weight excluding hydrogens is 382 g/mol. The molecule has 3 rings (SSSR count). The predicted octanol–water partition coefficient (Wildman–Crippen LogP) is 4.11. The van der Waals surface area contributed by atoms with Gasteiger partial charge in [-0.2, -0.15) is 0 Å². The normalized spacial score (nSPS) is 13.3. The first-order valence-corrected chi connectivity index (χ1v) is 10.3. The van der Waals surface area contributed by atoms with Gasteiger partial charge in [-0.1, -0.05) is 24.3 Å². The molecule has 1 amide bonds. The van der Waals surface area contributed by atoms with E-state index in [-0.39, 0.29) is 18.6 Å². The van der Waals surface area contributed by atoms with Crippen LogP contribution in [0.2, 0.25) is 0 Å². The highest BCUT2D eigenvalue weighted by Crippen LogP contribution is 2.25. The molecule has 0 radical (unpaired) electrons. The van der Waals surface area contributed by atoms with E-state index < -0.39 is 18.0 Å². The van der Waals surface area contributed by atoms with Gasteiger partial charge in [0.25, 0.3) is 5.91 Å². The smallest absolute Gasteiger partial charge is 0.307 e. The quantitative estimate of drug-likeness (QED) is 0.498. The minimum atomic E-state index is -0.984. The van der Waals surface area contributed by atoms with E-state index in [0.29, 0.717) is 23.6 Å². The fourth-order valence-corrected chi connectivity index (χ4v) is 3.50. The standard InChI is InChI=1S/C24H27NO5/c1-3-29-22-10-5-4-9-20(22)25-24(28)16(2)30-23(27)14-13-21(26)19-12-11-17-7-6-8-18(17)15-19/h4-5,9-12,15-16H,3,6-8,13-14H2,1-2H3,(H,25,28)/t16-/m0/s1. The number of anilines is 1. The van der Waals surface area contributed by atoms with Gasteiger partial charge in [-0.25, -0.2) is 0 Å². The second-order valence-corrected chi connectivity index (χ2v) is 7.31. The summed E-state index contributed by atoms with van der Waals surface area (Å²) in [4.78, 5) is 36.9. The summed E-state index contributed by atoms with van der Waals surface area (Å²) in [7, 11) is 0. The monoisotopic (exact) mass is 409 g/mol. The summed E-state index contributed by atoms with van der Waals surface area (Å²) in [6.07, 6.45) is 2.18. The van der Waals surface area contributed by atoms with Crippen molar-refractivity contribution in [3.05, 3.63) is 59.2 Å². The molecule has 1 atom stereocenters. The predicted molar refractivity (Wildman–Crippen MR) is 114 cm³/mol. The van der Waals surface area contributed by atoms with Gasteiger partial charge in [0.2, 0.25) is 0 Å². The first kappa shape index (κ1) is 21.6. The first-order valence-electron chi connectivity index (χ1n) is 10.3. The lowest BCUT2D eigenvalue weighted by Gasteiger charge is -2.15. The largest absolute Gasteiger partial charge is 0.492 e. The Balaban J connectivity index is 1.48. The molecule has 2 aromatic rings. The van der Waals surface area contributed by atoms with Crippen LogP contribution in [0.1, 0.15) is 54.6 Å². The molecule has 0 bridgehead atoms. The van der Waals surface area contributed by atoms with Crippen molar-refractivity contribution in [3.8, 4) is 5.75 Å². The average Bonchev–Trinajstić information content (AvgIpc) is 3.21. The molecule has 0 aromatic heterocycles. The van der Waals surface area contributed by atoms with Crippen molar-refractivity contribution in [1.29, 1.82) is 0 Å². The van der Waals surface area contributed by atoms with Crippen LogP contribution in [0.4, 0.5) is 5.69 Å². The minimum Gasteiger partial charge on any atom is -0.492 e. The van der Waals surface area contributed by atoms with E-state index in [9.17, 15) is 14.4 Å². The number of ether oxygens (including phenoxy) is 2. The first-order chi connectivity index (χ1) is 14.5. The van der Waals surface area contributed by atoms with E-state index in [2.05, 4.69) is 5.32 Å². The van der Waals surface area contributed by atoms with Crippen molar-refractivity contribution in [1.82, 2.24) is 0 Å². The minimum absolute atomic E-state index is 0.0547. The summed E-state index contributed by atoms with van der Waals surface area (Å²) in [5.74, 6) is -0.582. The number of hydrogen-bond donors (Lipinski definition) is 1. The molecular formula is C24H27NO5. The molecule has 0 saturated heterocycles. The summed E-state index contributed by atoms with van der Waals surface area (Å²) in [5.41, 5.74) is 3.67. The number of rotatable bonds is 9. The number of nitrogens with one attached hydrogen (secondary N) is 1. The summed E-state index contributed by atoms with van der Waals surface area (Å²) in [5, 5.41) is 2.71. The number of Topliss-reactive ketones (excluding diaryl/α,β-unsaturated/α-hetero) is 1. The van der Waals surface area contributed by atoms with Crippen molar-refractivity contribution in [2.75, 3.05) is 11.9 Å². The van der Waals surface area contributed by atoms with E-state index >= 15 is 0 Å². The van der Waals surface area contributed by atoms with Crippen LogP contribution in [-0.4, -0.2) is 30.4 Å². The lowest BCUT2D eigenvalue weighted by Crippen LogP contribution is -2.30. The molecule has 0 unspecified atom stereocenters. The summed E-state index contributed by atoms with van der Waals surface area (Å²) in [6.45, 7) is 3.82. The molecule has 0 aliphatic heterocycles. The van der Waals surface area contributed by atoms with Crippen LogP contribution < -0.4 is 10.1 Å². The van der Waals surface area contributed by atoms with Gasteiger partial charge in [-0.15, -0.1) is 0 Å². The topological polar surface area (TPSA) is 81.7 Å². The highest BCUT2D eigenvalue weighted by Gasteiger charge is 2.20. The van der Waals surface area contributed by atoms with Gasteiger partial charge in [-0.05, 0) is 62.4 Å². The average molecular weight is 409 g/mol. The number of carbonyl (C=O) groups excluding carboxylic acids is 3. The van der Waals surface area contributed by atoms with Gasteiger partial charge in [0.1, 0.15) is 5.75 Å². The van der Waals surface area contributed by atoms with E-state index in [1.807, 2.05) is 31.2 Å². The highest BCUT2D eigenvalue weighted by atomic mass is 16.5. The van der Waals surface area contributed by atoms with Gasteiger partial charge in [0.15, 0.2) is 11.9 Å². The molecule has 0 heterocycles. The van der Waals surface area contributed by atoms with Gasteiger partial charge >= 0.3 is 5.97 Å². The zero-order valence-electron chi connectivity index (χ0n) is 17.4. The highest BCUT2D eigenvalue weighted by molar-refractivity contribution is 5.98. The third-order valence-electron chi connectivity index (χ3n) is 5.10. The van der Waals surface area contributed by atoms with Crippen molar-refractivity contribution in [3.63, 3.8) is 0 Å².